The van der Waals surface area contributed by atoms with Crippen molar-refractivity contribution in [1.82, 2.24) is 9.97 Å². The molecule has 0 saturated carbocycles. The van der Waals surface area contributed by atoms with Crippen LogP contribution in [0.3, 0.4) is 0 Å². The third-order valence-corrected chi connectivity index (χ3v) is 2.67. The van der Waals surface area contributed by atoms with E-state index >= 15 is 0 Å². The Kier molecular flexibility index (Phi) is 2.93. The third kappa shape index (κ3) is 2.30. The smallest absolute Gasteiger partial charge is 0.204 e. The number of benzene rings is 1. The van der Waals surface area contributed by atoms with Crippen molar-refractivity contribution in [3.8, 4) is 0 Å². The van der Waals surface area contributed by atoms with Crippen LogP contribution in [0.1, 0.15) is 0 Å². The molecule has 2 N–H and O–H groups in total. The molecular formula is C9H6BrClFN3. The lowest BCUT2D eigenvalue weighted by Crippen LogP contribution is -1.95. The zero-order chi connectivity index (χ0) is 10.8. The number of anilines is 2. The monoisotopic (exact) mass is 289 g/mol. The number of rotatable bonds is 2. The highest BCUT2D eigenvalue weighted by molar-refractivity contribution is 9.10. The molecule has 15 heavy (non-hydrogen) atoms. The van der Waals surface area contributed by atoms with Crippen LogP contribution in [0.25, 0.3) is 0 Å². The minimum absolute atomic E-state index is 0.290. The number of hydrogen-bond acceptors (Lipinski definition) is 2. The van der Waals surface area contributed by atoms with Gasteiger partial charge in [-0.1, -0.05) is 11.6 Å². The van der Waals surface area contributed by atoms with Crippen molar-refractivity contribution < 1.29 is 4.39 Å². The molecule has 0 aliphatic rings. The quantitative estimate of drug-likeness (QED) is 0.885. The topological polar surface area (TPSA) is 40.7 Å². The summed E-state index contributed by atoms with van der Waals surface area (Å²) in [6.07, 6.45) is 3.28. The van der Waals surface area contributed by atoms with Crippen molar-refractivity contribution in [3.05, 3.63) is 39.8 Å². The first kappa shape index (κ1) is 10.4. The zero-order valence-electron chi connectivity index (χ0n) is 7.39. The van der Waals surface area contributed by atoms with Gasteiger partial charge in [-0.25, -0.2) is 9.37 Å². The number of nitrogens with zero attached hydrogens (tertiary/aromatic N) is 1. The molecule has 0 bridgehead atoms. The Morgan fingerprint density at radius 1 is 1.47 bits per heavy atom. The molecule has 0 amide bonds. The second-order valence-corrected chi connectivity index (χ2v) is 4.07. The Balaban J connectivity index is 2.36. The van der Waals surface area contributed by atoms with Crippen molar-refractivity contribution >= 4 is 39.2 Å². The number of H-pyrrole nitrogens is 1. The van der Waals surface area contributed by atoms with Gasteiger partial charge in [0.05, 0.1) is 10.7 Å². The van der Waals surface area contributed by atoms with Crippen LogP contribution < -0.4 is 5.32 Å². The van der Waals surface area contributed by atoms with Crippen LogP contribution in [0.15, 0.2) is 29.0 Å². The van der Waals surface area contributed by atoms with Gasteiger partial charge in [0.2, 0.25) is 5.95 Å². The van der Waals surface area contributed by atoms with Crippen LogP contribution in [0, 0.1) is 5.82 Å². The van der Waals surface area contributed by atoms with Crippen molar-refractivity contribution in [2.24, 2.45) is 0 Å². The Hall–Kier alpha value is -1.07. The Morgan fingerprint density at radius 3 is 2.87 bits per heavy atom. The fourth-order valence-electron chi connectivity index (χ4n) is 1.11. The highest BCUT2D eigenvalue weighted by atomic mass is 79.9. The Morgan fingerprint density at radius 2 is 2.27 bits per heavy atom. The second-order valence-electron chi connectivity index (χ2n) is 2.81. The molecule has 0 saturated heterocycles. The lowest BCUT2D eigenvalue weighted by Gasteiger charge is -2.07. The summed E-state index contributed by atoms with van der Waals surface area (Å²) in [6.45, 7) is 0. The van der Waals surface area contributed by atoms with E-state index in [0.29, 0.717) is 21.1 Å². The minimum Gasteiger partial charge on any atom is -0.331 e. The van der Waals surface area contributed by atoms with Gasteiger partial charge in [0.25, 0.3) is 0 Å². The van der Waals surface area contributed by atoms with Crippen LogP contribution in [-0.2, 0) is 0 Å². The lowest BCUT2D eigenvalue weighted by atomic mass is 10.3. The zero-order valence-corrected chi connectivity index (χ0v) is 9.73. The van der Waals surface area contributed by atoms with E-state index in [0.717, 1.165) is 0 Å². The SMILES string of the molecule is Fc1cc(Cl)c(Nc2ncc[nH]2)c(Br)c1. The third-order valence-electron chi connectivity index (χ3n) is 1.75. The molecule has 0 spiro atoms. The number of aromatic amines is 1. The normalized spacial score (nSPS) is 10.3. The lowest BCUT2D eigenvalue weighted by molar-refractivity contribution is 0.627. The van der Waals surface area contributed by atoms with Gasteiger partial charge in [0.15, 0.2) is 0 Å². The number of nitrogens with one attached hydrogen (secondary N) is 2. The van der Waals surface area contributed by atoms with Gasteiger partial charge in [-0.05, 0) is 28.1 Å². The van der Waals surface area contributed by atoms with E-state index in [9.17, 15) is 4.39 Å². The largest absolute Gasteiger partial charge is 0.331 e. The van der Waals surface area contributed by atoms with Crippen LogP contribution in [-0.4, -0.2) is 9.97 Å². The van der Waals surface area contributed by atoms with Crippen LogP contribution in [0.2, 0.25) is 5.02 Å². The van der Waals surface area contributed by atoms with Crippen LogP contribution in [0.5, 0.6) is 0 Å². The fraction of sp³-hybridized carbons (Fsp3) is 0. The summed E-state index contributed by atoms with van der Waals surface area (Å²) < 4.78 is 13.5. The summed E-state index contributed by atoms with van der Waals surface area (Å²) in [5.74, 6) is 0.154. The summed E-state index contributed by atoms with van der Waals surface area (Å²) >= 11 is 9.09. The number of aromatic nitrogens is 2. The first-order valence-corrected chi connectivity index (χ1v) is 5.25. The molecule has 0 aliphatic heterocycles. The van der Waals surface area contributed by atoms with Gasteiger partial charge in [-0.2, -0.15) is 0 Å². The molecule has 0 radical (unpaired) electrons. The maximum Gasteiger partial charge on any atom is 0.204 e. The molecular weight excluding hydrogens is 284 g/mol. The molecule has 0 atom stereocenters. The average molecular weight is 291 g/mol. The number of halogens is 3. The van der Waals surface area contributed by atoms with Gasteiger partial charge < -0.3 is 10.3 Å². The predicted molar refractivity (Wildman–Crippen MR) is 61.0 cm³/mol. The van der Waals surface area contributed by atoms with E-state index in [4.69, 9.17) is 11.6 Å². The van der Waals surface area contributed by atoms with Gasteiger partial charge in [-0.15, -0.1) is 0 Å². The van der Waals surface area contributed by atoms with E-state index in [1.165, 1.54) is 12.1 Å². The molecule has 0 fully saturated rings. The second kappa shape index (κ2) is 4.20. The van der Waals surface area contributed by atoms with Crippen molar-refractivity contribution in [1.29, 1.82) is 0 Å². The molecule has 6 heteroatoms. The number of imidazole rings is 1. The summed E-state index contributed by atoms with van der Waals surface area (Å²) in [7, 11) is 0. The van der Waals surface area contributed by atoms with E-state index in [-0.39, 0.29) is 0 Å². The predicted octanol–water partition coefficient (Wildman–Crippen LogP) is 3.71. The molecule has 2 aromatic rings. The maximum atomic E-state index is 12.9. The highest BCUT2D eigenvalue weighted by Crippen LogP contribution is 2.33. The van der Waals surface area contributed by atoms with Crippen molar-refractivity contribution in [2.45, 2.75) is 0 Å². The Bertz CT molecular complexity index is 449. The summed E-state index contributed by atoms with van der Waals surface area (Å²) in [5.41, 5.74) is 0.577. The summed E-state index contributed by atoms with van der Waals surface area (Å²) in [6, 6.07) is 2.56. The first-order chi connectivity index (χ1) is 7.16. The molecule has 78 valence electrons. The molecule has 2 rings (SSSR count). The summed E-state index contributed by atoms with van der Waals surface area (Å²) in [4.78, 5) is 6.84. The first-order valence-electron chi connectivity index (χ1n) is 4.08. The molecule has 0 aliphatic carbocycles. The molecule has 1 aromatic carbocycles. The van der Waals surface area contributed by atoms with E-state index in [1.807, 2.05) is 0 Å². The van der Waals surface area contributed by atoms with E-state index < -0.39 is 5.82 Å². The average Bonchev–Trinajstić information content (AvgIpc) is 2.63. The molecule has 0 unspecified atom stereocenters. The highest BCUT2D eigenvalue weighted by Gasteiger charge is 2.08. The summed E-state index contributed by atoms with van der Waals surface area (Å²) in [5, 5.41) is 3.23. The maximum absolute atomic E-state index is 12.9. The van der Waals surface area contributed by atoms with Gasteiger partial charge in [0.1, 0.15) is 5.82 Å². The van der Waals surface area contributed by atoms with Crippen molar-refractivity contribution in [2.75, 3.05) is 5.32 Å². The fourth-order valence-corrected chi connectivity index (χ4v) is 2.01. The van der Waals surface area contributed by atoms with Crippen molar-refractivity contribution in [3.63, 3.8) is 0 Å². The van der Waals surface area contributed by atoms with E-state index in [1.54, 1.807) is 12.4 Å². The van der Waals surface area contributed by atoms with Gasteiger partial charge >= 0.3 is 0 Å². The van der Waals surface area contributed by atoms with Crippen LogP contribution in [0.4, 0.5) is 16.0 Å². The molecule has 1 heterocycles. The van der Waals surface area contributed by atoms with Crippen LogP contribution >= 0.6 is 27.5 Å². The molecule has 3 nitrogen and oxygen atoms in total. The van der Waals surface area contributed by atoms with E-state index in [2.05, 4.69) is 31.2 Å². The molecule has 1 aromatic heterocycles. The standard InChI is InChI=1S/C9H6BrClFN3/c10-6-3-5(12)4-7(11)8(6)15-9-13-1-2-14-9/h1-4H,(H2,13,14,15). The van der Waals surface area contributed by atoms with Gasteiger partial charge in [0, 0.05) is 16.9 Å². The van der Waals surface area contributed by atoms with Gasteiger partial charge in [-0.3, -0.25) is 0 Å². The Labute approximate surface area is 98.8 Å². The number of hydrogen-bond donors (Lipinski definition) is 2. The minimum atomic E-state index is -0.392.